The van der Waals surface area contributed by atoms with Gasteiger partial charge in [-0.3, -0.25) is 0 Å². The molecule has 0 aromatic carbocycles. The summed E-state index contributed by atoms with van der Waals surface area (Å²) < 4.78 is 0. The predicted molar refractivity (Wildman–Crippen MR) is 20.9 cm³/mol. The van der Waals surface area contributed by atoms with Gasteiger partial charge in [-0.25, -0.2) is 0 Å². The van der Waals surface area contributed by atoms with Gasteiger partial charge in [0.15, 0.2) is 0 Å². The molecule has 37 valence electrons. The van der Waals surface area contributed by atoms with Crippen molar-refractivity contribution < 1.29 is 10.2 Å². The minimum atomic E-state index is -0.560. The van der Waals surface area contributed by atoms with E-state index in [0.29, 0.717) is 0 Å². The molecule has 1 unspecified atom stereocenters. The van der Waals surface area contributed by atoms with E-state index in [0.717, 1.165) is 0 Å². The number of aliphatic hydroxyl groups excluding tert-OH is 2. The Morgan fingerprint density at radius 1 is 1.67 bits per heavy atom. The van der Waals surface area contributed by atoms with Crippen LogP contribution in [0.15, 0.2) is 0 Å². The second-order valence-electron chi connectivity index (χ2n) is 1.03. The Morgan fingerprint density at radius 2 is 1.83 bits per heavy atom. The third kappa shape index (κ3) is 9.11. The van der Waals surface area contributed by atoms with Crippen molar-refractivity contribution in [2.24, 2.45) is 0 Å². The fourth-order valence-electron chi connectivity index (χ4n) is 0. The predicted octanol–water partition coefficient (Wildman–Crippen LogP) is -1.12. The van der Waals surface area contributed by atoms with Crippen molar-refractivity contribution in [2.75, 3.05) is 6.61 Å². The smallest absolute Gasteiger partial charge is 0.0742 e. The molecule has 1 atom stereocenters. The van der Waals surface area contributed by atoms with Crippen LogP contribution in [0.3, 0.4) is 0 Å². The summed E-state index contributed by atoms with van der Waals surface area (Å²) in [4.78, 5) is 0. The van der Waals surface area contributed by atoms with E-state index >= 15 is 0 Å². The van der Waals surface area contributed by atoms with Crippen molar-refractivity contribution in [3.8, 4) is 0 Å². The molecule has 3 heteroatoms. The number of hydrogen-bond donors (Lipinski definition) is 2. The number of hydrogen-bond acceptors (Lipinski definition) is 2. The normalized spacial score (nSPS) is 12.5. The third-order valence-corrected chi connectivity index (χ3v) is 0.264. The largest absolute Gasteiger partial charge is 0.394 e. The Kier molecular flexibility index (Phi) is 7.57. The van der Waals surface area contributed by atoms with Crippen LogP contribution in [-0.2, 0) is 0 Å². The monoisotopic (exact) mass is 90.1 g/mol. The molecular formula is C3H8NO2. The lowest BCUT2D eigenvalue weighted by Crippen LogP contribution is -2.03. The molecule has 0 saturated heterocycles. The highest BCUT2D eigenvalue weighted by atomic mass is 16.3. The zero-order valence-electron chi connectivity index (χ0n) is 3.63. The molecule has 2 N–H and O–H groups in total. The van der Waals surface area contributed by atoms with Crippen LogP contribution in [0.1, 0.15) is 6.92 Å². The number of rotatable bonds is 1. The Labute approximate surface area is 37.2 Å². The van der Waals surface area contributed by atoms with Gasteiger partial charge in [-0.2, -0.15) is 0 Å². The molecule has 0 bridgehead atoms. The van der Waals surface area contributed by atoms with Gasteiger partial charge in [0.25, 0.3) is 0 Å². The lowest BCUT2D eigenvalue weighted by molar-refractivity contribution is 0.110. The van der Waals surface area contributed by atoms with Crippen LogP contribution < -0.4 is 6.15 Å². The molecule has 0 heterocycles. The zero-order chi connectivity index (χ0) is 4.28. The van der Waals surface area contributed by atoms with Crippen LogP contribution in [0.5, 0.6) is 0 Å². The molecule has 0 fully saturated rings. The van der Waals surface area contributed by atoms with Crippen LogP contribution in [0, 0.1) is 0 Å². The fraction of sp³-hybridized carbons (Fsp3) is 1.00. The van der Waals surface area contributed by atoms with Crippen LogP contribution in [0.4, 0.5) is 0 Å². The van der Waals surface area contributed by atoms with E-state index in [2.05, 4.69) is 0 Å². The van der Waals surface area contributed by atoms with Gasteiger partial charge in [-0.15, -0.1) is 0 Å². The SMILES string of the molecule is CC(O)CO.[N]. The maximum atomic E-state index is 8.11. The molecule has 0 saturated carbocycles. The summed E-state index contributed by atoms with van der Waals surface area (Å²) in [7, 11) is 0. The quantitative estimate of drug-likeness (QED) is 0.428. The first kappa shape index (κ1) is 9.30. The Morgan fingerprint density at radius 3 is 1.83 bits per heavy atom. The van der Waals surface area contributed by atoms with Gasteiger partial charge in [0.1, 0.15) is 0 Å². The molecule has 0 aliphatic rings. The topological polar surface area (TPSA) is 71.0 Å². The molecule has 0 spiro atoms. The van der Waals surface area contributed by atoms with Gasteiger partial charge >= 0.3 is 0 Å². The summed E-state index contributed by atoms with van der Waals surface area (Å²) in [5.41, 5.74) is 0. The summed E-state index contributed by atoms with van der Waals surface area (Å²) in [6.45, 7) is 1.39. The third-order valence-electron chi connectivity index (χ3n) is 0.264. The van der Waals surface area contributed by atoms with E-state index in [4.69, 9.17) is 10.2 Å². The molecule has 3 radical (unpaired) electrons. The zero-order valence-corrected chi connectivity index (χ0v) is 3.63. The van der Waals surface area contributed by atoms with Gasteiger partial charge in [-0.1, -0.05) is 0 Å². The Hall–Kier alpha value is -0.120. The second-order valence-corrected chi connectivity index (χ2v) is 1.03. The summed E-state index contributed by atoms with van der Waals surface area (Å²) in [5, 5.41) is 16.0. The van der Waals surface area contributed by atoms with Gasteiger partial charge < -0.3 is 10.2 Å². The summed E-state index contributed by atoms with van der Waals surface area (Å²) in [5.74, 6) is 0. The van der Waals surface area contributed by atoms with Crippen molar-refractivity contribution in [1.82, 2.24) is 6.15 Å². The van der Waals surface area contributed by atoms with E-state index in [-0.39, 0.29) is 12.8 Å². The van der Waals surface area contributed by atoms with E-state index < -0.39 is 6.10 Å². The van der Waals surface area contributed by atoms with Crippen LogP contribution in [0.25, 0.3) is 0 Å². The van der Waals surface area contributed by atoms with Gasteiger partial charge in [0.05, 0.1) is 12.7 Å². The molecule has 0 aliphatic heterocycles. The molecule has 0 amide bonds. The van der Waals surface area contributed by atoms with Gasteiger partial charge in [-0.05, 0) is 6.92 Å². The maximum absolute atomic E-state index is 8.11. The molecule has 0 aliphatic carbocycles. The standard InChI is InChI=1S/C3H8O2.N/c1-3(5)2-4;/h3-5H,2H2,1H3;. The average Bonchev–Trinajstić information content (AvgIpc) is 1.38. The highest BCUT2D eigenvalue weighted by molar-refractivity contribution is 4.33. The maximum Gasteiger partial charge on any atom is 0.0742 e. The molecule has 0 aromatic heterocycles. The highest BCUT2D eigenvalue weighted by Crippen LogP contribution is 1.68. The minimum absolute atomic E-state index is 0. The first-order valence-electron chi connectivity index (χ1n) is 1.56. The van der Waals surface area contributed by atoms with E-state index in [1.54, 1.807) is 0 Å². The summed E-state index contributed by atoms with van der Waals surface area (Å²) in [6.07, 6.45) is -0.560. The molecule has 6 heavy (non-hydrogen) atoms. The molecule has 0 aromatic rings. The van der Waals surface area contributed by atoms with Gasteiger partial charge in [0.2, 0.25) is 0 Å². The highest BCUT2D eigenvalue weighted by Gasteiger charge is 1.83. The fourth-order valence-corrected chi connectivity index (χ4v) is 0. The van der Waals surface area contributed by atoms with Crippen LogP contribution >= 0.6 is 0 Å². The lowest BCUT2D eigenvalue weighted by atomic mass is 10.5. The average molecular weight is 90.1 g/mol. The van der Waals surface area contributed by atoms with Crippen LogP contribution in [0.2, 0.25) is 0 Å². The van der Waals surface area contributed by atoms with Crippen molar-refractivity contribution in [2.45, 2.75) is 13.0 Å². The van der Waals surface area contributed by atoms with Gasteiger partial charge in [0, 0.05) is 6.15 Å². The summed E-state index contributed by atoms with van der Waals surface area (Å²) in [6, 6.07) is 0. The summed E-state index contributed by atoms with van der Waals surface area (Å²) >= 11 is 0. The lowest BCUT2D eigenvalue weighted by Gasteiger charge is -1.90. The molecule has 3 nitrogen and oxygen atoms in total. The Bertz CT molecular complexity index is 22.8. The number of nitrogens with zero attached hydrogens (tertiary/aromatic N) is 1. The number of aliphatic hydroxyl groups is 2. The van der Waals surface area contributed by atoms with Crippen LogP contribution in [-0.4, -0.2) is 22.9 Å². The van der Waals surface area contributed by atoms with E-state index in [1.807, 2.05) is 0 Å². The van der Waals surface area contributed by atoms with Crippen molar-refractivity contribution in [3.63, 3.8) is 0 Å². The first-order chi connectivity index (χ1) is 2.27. The van der Waals surface area contributed by atoms with E-state index in [1.165, 1.54) is 6.92 Å². The minimum Gasteiger partial charge on any atom is -0.394 e. The molecular weight excluding hydrogens is 82.0 g/mol. The first-order valence-corrected chi connectivity index (χ1v) is 1.56. The van der Waals surface area contributed by atoms with E-state index in [9.17, 15) is 0 Å². The van der Waals surface area contributed by atoms with Crippen molar-refractivity contribution >= 4 is 0 Å². The molecule has 0 rings (SSSR count). The second kappa shape index (κ2) is 4.88. The van der Waals surface area contributed by atoms with Crippen molar-refractivity contribution in [1.29, 1.82) is 0 Å². The Balaban J connectivity index is 0. The van der Waals surface area contributed by atoms with Crippen molar-refractivity contribution in [3.05, 3.63) is 0 Å².